The molecule has 0 saturated heterocycles. The van der Waals surface area contributed by atoms with Crippen LogP contribution in [0.4, 0.5) is 0 Å². The summed E-state index contributed by atoms with van der Waals surface area (Å²) in [7, 11) is 0. The average Bonchev–Trinajstić information content (AvgIpc) is 2.43. The fraction of sp³-hybridized carbons (Fsp3) is 0.810. The lowest BCUT2D eigenvalue weighted by Crippen LogP contribution is -2.54. The van der Waals surface area contributed by atoms with E-state index in [1.165, 1.54) is 0 Å². The normalized spacial score (nSPS) is 28.1. The lowest BCUT2D eigenvalue weighted by molar-refractivity contribution is -0.178. The van der Waals surface area contributed by atoms with E-state index in [1.807, 2.05) is 26.0 Å². The first kappa shape index (κ1) is 21.7. The molecule has 0 amide bonds. The van der Waals surface area contributed by atoms with Gasteiger partial charge in [-0.2, -0.15) is 0 Å². The molecule has 0 radical (unpaired) electrons. The van der Waals surface area contributed by atoms with Crippen LogP contribution in [0.1, 0.15) is 80.1 Å². The minimum absolute atomic E-state index is 0.133. The fourth-order valence-corrected chi connectivity index (χ4v) is 4.70. The minimum atomic E-state index is -1.22. The van der Waals surface area contributed by atoms with Crippen molar-refractivity contribution in [2.45, 2.75) is 80.1 Å². The van der Waals surface area contributed by atoms with Crippen molar-refractivity contribution in [3.63, 3.8) is 0 Å². The van der Waals surface area contributed by atoms with E-state index in [1.54, 1.807) is 0 Å². The molecule has 4 nitrogen and oxygen atoms in total. The number of carboxylic acids is 2. The molecule has 25 heavy (non-hydrogen) atoms. The standard InChI is InChI=1S/C21H36O4/c1-15(2)13-21(18(24)25)11-8-7-10-20(21,17(22)23)12-9-16(3)14-19(4,5)6/h7-8,15-16H,9-14H2,1-6H3,(H,22,23)(H,24,25). The van der Waals surface area contributed by atoms with E-state index in [-0.39, 0.29) is 11.3 Å². The van der Waals surface area contributed by atoms with Crippen LogP contribution >= 0.6 is 0 Å². The van der Waals surface area contributed by atoms with Crippen LogP contribution in [-0.2, 0) is 9.59 Å². The topological polar surface area (TPSA) is 74.6 Å². The van der Waals surface area contributed by atoms with Crippen LogP contribution in [0.25, 0.3) is 0 Å². The van der Waals surface area contributed by atoms with E-state index in [2.05, 4.69) is 27.7 Å². The molecule has 0 aromatic carbocycles. The molecule has 0 aromatic heterocycles. The second kappa shape index (κ2) is 7.92. The summed E-state index contributed by atoms with van der Waals surface area (Å²) >= 11 is 0. The number of carboxylic acid groups (broad SMARTS) is 2. The number of aliphatic carboxylic acids is 2. The highest BCUT2D eigenvalue weighted by molar-refractivity contribution is 5.87. The summed E-state index contributed by atoms with van der Waals surface area (Å²) in [5.41, 5.74) is -2.25. The van der Waals surface area contributed by atoms with Crippen molar-refractivity contribution in [1.82, 2.24) is 0 Å². The third kappa shape index (κ3) is 4.86. The quantitative estimate of drug-likeness (QED) is 0.575. The maximum Gasteiger partial charge on any atom is 0.311 e. The van der Waals surface area contributed by atoms with Crippen LogP contribution in [-0.4, -0.2) is 22.2 Å². The van der Waals surface area contributed by atoms with E-state index in [4.69, 9.17) is 0 Å². The maximum atomic E-state index is 12.4. The molecule has 0 spiro atoms. The SMILES string of the molecule is CC(C)CC1(C(=O)O)CC=CCC1(CCC(C)CC(C)(C)C)C(=O)O. The van der Waals surface area contributed by atoms with Gasteiger partial charge in [0.15, 0.2) is 0 Å². The number of carbonyl (C=O) groups is 2. The molecular formula is C21H36O4. The van der Waals surface area contributed by atoms with Crippen molar-refractivity contribution < 1.29 is 19.8 Å². The molecule has 0 aliphatic heterocycles. The van der Waals surface area contributed by atoms with Crippen LogP contribution in [0.3, 0.4) is 0 Å². The van der Waals surface area contributed by atoms with Gasteiger partial charge in [0.25, 0.3) is 0 Å². The molecule has 1 aliphatic rings. The van der Waals surface area contributed by atoms with E-state index in [0.29, 0.717) is 31.6 Å². The van der Waals surface area contributed by atoms with Gasteiger partial charge in [0.05, 0.1) is 10.8 Å². The van der Waals surface area contributed by atoms with Crippen molar-refractivity contribution in [3.8, 4) is 0 Å². The second-order valence-corrected chi connectivity index (χ2v) is 9.66. The Balaban J connectivity index is 3.20. The Hall–Kier alpha value is -1.32. The Morgan fingerprint density at radius 1 is 1.00 bits per heavy atom. The average molecular weight is 353 g/mol. The predicted molar refractivity (Wildman–Crippen MR) is 100 cm³/mol. The molecule has 144 valence electrons. The van der Waals surface area contributed by atoms with Crippen molar-refractivity contribution in [2.24, 2.45) is 28.1 Å². The summed E-state index contributed by atoms with van der Waals surface area (Å²) in [4.78, 5) is 24.7. The molecule has 0 fully saturated rings. The molecule has 4 heteroatoms. The lowest BCUT2D eigenvalue weighted by Gasteiger charge is -2.48. The predicted octanol–water partition coefficient (Wildman–Crippen LogP) is 5.38. The second-order valence-electron chi connectivity index (χ2n) is 9.66. The summed E-state index contributed by atoms with van der Waals surface area (Å²) in [5, 5.41) is 20.2. The van der Waals surface area contributed by atoms with Crippen molar-refractivity contribution >= 4 is 11.9 Å². The Kier molecular flexibility index (Phi) is 6.88. The van der Waals surface area contributed by atoms with Crippen molar-refractivity contribution in [1.29, 1.82) is 0 Å². The van der Waals surface area contributed by atoms with Crippen LogP contribution in [0.2, 0.25) is 0 Å². The van der Waals surface area contributed by atoms with Crippen LogP contribution < -0.4 is 0 Å². The van der Waals surface area contributed by atoms with Gasteiger partial charge in [0, 0.05) is 0 Å². The van der Waals surface area contributed by atoms with E-state index in [9.17, 15) is 19.8 Å². The number of rotatable bonds is 8. The number of hydrogen-bond acceptors (Lipinski definition) is 2. The summed E-state index contributed by atoms with van der Waals surface area (Å²) in [5.74, 6) is -1.42. The first-order valence-corrected chi connectivity index (χ1v) is 9.48. The molecule has 0 heterocycles. The monoisotopic (exact) mass is 352 g/mol. The third-order valence-corrected chi connectivity index (χ3v) is 5.62. The molecule has 0 aromatic rings. The van der Waals surface area contributed by atoms with Crippen molar-refractivity contribution in [2.75, 3.05) is 0 Å². The van der Waals surface area contributed by atoms with Crippen LogP contribution in [0.15, 0.2) is 12.2 Å². The van der Waals surface area contributed by atoms with Crippen molar-refractivity contribution in [3.05, 3.63) is 12.2 Å². The summed E-state index contributed by atoms with van der Waals surface area (Å²) < 4.78 is 0. The fourth-order valence-electron chi connectivity index (χ4n) is 4.70. The van der Waals surface area contributed by atoms with Gasteiger partial charge in [-0.15, -0.1) is 0 Å². The van der Waals surface area contributed by atoms with Crippen LogP contribution in [0, 0.1) is 28.1 Å². The number of allylic oxidation sites excluding steroid dienone is 2. The number of hydrogen-bond donors (Lipinski definition) is 2. The van der Waals surface area contributed by atoms with Gasteiger partial charge in [-0.25, -0.2) is 0 Å². The van der Waals surface area contributed by atoms with Gasteiger partial charge >= 0.3 is 11.9 Å². The third-order valence-electron chi connectivity index (χ3n) is 5.62. The zero-order valence-corrected chi connectivity index (χ0v) is 16.8. The van der Waals surface area contributed by atoms with Gasteiger partial charge in [-0.3, -0.25) is 9.59 Å². The van der Waals surface area contributed by atoms with Crippen LogP contribution in [0.5, 0.6) is 0 Å². The van der Waals surface area contributed by atoms with Gasteiger partial charge < -0.3 is 10.2 Å². The molecular weight excluding hydrogens is 316 g/mol. The zero-order chi connectivity index (χ0) is 19.5. The summed E-state index contributed by atoms with van der Waals surface area (Å²) in [6.07, 6.45) is 6.90. The highest BCUT2D eigenvalue weighted by Crippen LogP contribution is 2.55. The molecule has 0 bridgehead atoms. The Morgan fingerprint density at radius 3 is 1.88 bits per heavy atom. The zero-order valence-electron chi connectivity index (χ0n) is 16.8. The molecule has 1 aliphatic carbocycles. The molecule has 3 unspecified atom stereocenters. The maximum absolute atomic E-state index is 12.4. The first-order chi connectivity index (χ1) is 11.4. The first-order valence-electron chi connectivity index (χ1n) is 9.48. The van der Waals surface area contributed by atoms with Gasteiger partial charge in [0.2, 0.25) is 0 Å². The molecule has 1 rings (SSSR count). The van der Waals surface area contributed by atoms with Gasteiger partial charge in [-0.05, 0) is 55.8 Å². The highest BCUT2D eigenvalue weighted by atomic mass is 16.4. The Morgan fingerprint density at radius 2 is 1.48 bits per heavy atom. The van der Waals surface area contributed by atoms with E-state index < -0.39 is 22.8 Å². The summed E-state index contributed by atoms with van der Waals surface area (Å²) in [6.45, 7) is 12.6. The molecule has 3 atom stereocenters. The van der Waals surface area contributed by atoms with Gasteiger partial charge in [0.1, 0.15) is 0 Å². The van der Waals surface area contributed by atoms with E-state index in [0.717, 1.165) is 12.8 Å². The molecule has 0 saturated carbocycles. The Bertz CT molecular complexity index is 514. The Labute approximate surface area is 152 Å². The molecule has 2 N–H and O–H groups in total. The largest absolute Gasteiger partial charge is 0.481 e. The van der Waals surface area contributed by atoms with E-state index >= 15 is 0 Å². The smallest absolute Gasteiger partial charge is 0.311 e. The summed E-state index contributed by atoms with van der Waals surface area (Å²) in [6, 6.07) is 0. The van der Waals surface area contributed by atoms with Gasteiger partial charge in [-0.1, -0.05) is 53.7 Å². The lowest BCUT2D eigenvalue weighted by atomic mass is 9.53. The minimum Gasteiger partial charge on any atom is -0.481 e. The highest BCUT2D eigenvalue weighted by Gasteiger charge is 2.60.